The number of carbonyl (C=O) groups excluding carboxylic acids is 1. The second-order valence-electron chi connectivity index (χ2n) is 4.25. The van der Waals surface area contributed by atoms with Crippen molar-refractivity contribution in [3.05, 3.63) is 34.1 Å². The summed E-state index contributed by atoms with van der Waals surface area (Å²) in [6.07, 6.45) is 0.943. The number of hydrogen-bond donors (Lipinski definition) is 0. The molecule has 5 heteroatoms. The molecule has 0 bridgehead atoms. The van der Waals surface area contributed by atoms with E-state index in [1.54, 1.807) is 13.0 Å². The maximum Gasteiger partial charge on any atom is 0.320 e. The average molecular weight is 332 g/mol. The highest BCUT2D eigenvalue weighted by atomic mass is 79.9. The predicted octanol–water partition coefficient (Wildman–Crippen LogP) is 3.36. The third-order valence-electron chi connectivity index (χ3n) is 2.61. The Morgan fingerprint density at radius 1 is 1.42 bits per heavy atom. The summed E-state index contributed by atoms with van der Waals surface area (Å²) < 4.78 is 18.7. The first-order valence-electron chi connectivity index (χ1n) is 6.38. The molecule has 0 fully saturated rings. The molecule has 1 rings (SSSR count). The molecule has 106 valence electrons. The van der Waals surface area contributed by atoms with Crippen LogP contribution in [0.5, 0.6) is 0 Å². The van der Waals surface area contributed by atoms with Gasteiger partial charge in [-0.25, -0.2) is 4.39 Å². The summed E-state index contributed by atoms with van der Waals surface area (Å²) in [6, 6.07) is 4.59. The van der Waals surface area contributed by atoms with E-state index in [1.807, 2.05) is 4.90 Å². The molecule has 19 heavy (non-hydrogen) atoms. The zero-order valence-corrected chi connectivity index (χ0v) is 12.9. The number of halogens is 2. The summed E-state index contributed by atoms with van der Waals surface area (Å²) in [4.78, 5) is 13.5. The topological polar surface area (TPSA) is 29.5 Å². The zero-order chi connectivity index (χ0) is 14.3. The third-order valence-corrected chi connectivity index (χ3v) is 3.35. The first-order chi connectivity index (χ1) is 9.06. The Hall–Kier alpha value is -0.940. The molecule has 1 aromatic rings. The van der Waals surface area contributed by atoms with Crippen molar-refractivity contribution in [2.45, 2.75) is 26.8 Å². The van der Waals surface area contributed by atoms with E-state index in [1.165, 1.54) is 12.1 Å². The molecule has 0 amide bonds. The Kier molecular flexibility index (Phi) is 7.02. The molecule has 0 spiro atoms. The van der Waals surface area contributed by atoms with Gasteiger partial charge < -0.3 is 4.74 Å². The lowest BCUT2D eigenvalue weighted by atomic mass is 10.2. The molecule has 0 saturated carbocycles. The van der Waals surface area contributed by atoms with E-state index in [0.29, 0.717) is 13.2 Å². The molecule has 0 atom stereocenters. The van der Waals surface area contributed by atoms with Gasteiger partial charge in [-0.05, 0) is 37.6 Å². The van der Waals surface area contributed by atoms with Crippen molar-refractivity contribution in [1.29, 1.82) is 0 Å². The normalized spacial score (nSPS) is 10.8. The van der Waals surface area contributed by atoms with E-state index in [-0.39, 0.29) is 18.3 Å². The SMILES string of the molecule is CCCN(CC(=O)OCC)Cc1ccc(F)cc1Br. The van der Waals surface area contributed by atoms with Gasteiger partial charge in [-0.2, -0.15) is 0 Å². The van der Waals surface area contributed by atoms with Gasteiger partial charge in [0.2, 0.25) is 0 Å². The van der Waals surface area contributed by atoms with Crippen molar-refractivity contribution in [1.82, 2.24) is 4.90 Å². The highest BCUT2D eigenvalue weighted by Crippen LogP contribution is 2.19. The third kappa shape index (κ3) is 5.70. The number of carbonyl (C=O) groups is 1. The van der Waals surface area contributed by atoms with Gasteiger partial charge in [0.25, 0.3) is 0 Å². The lowest BCUT2D eigenvalue weighted by Crippen LogP contribution is -2.31. The highest BCUT2D eigenvalue weighted by Gasteiger charge is 2.13. The Morgan fingerprint density at radius 3 is 2.74 bits per heavy atom. The van der Waals surface area contributed by atoms with Gasteiger partial charge in [0.1, 0.15) is 5.82 Å². The Labute approximate surface area is 121 Å². The molecule has 0 aromatic heterocycles. The fourth-order valence-corrected chi connectivity index (χ4v) is 2.29. The Morgan fingerprint density at radius 2 is 2.16 bits per heavy atom. The van der Waals surface area contributed by atoms with Crippen LogP contribution < -0.4 is 0 Å². The van der Waals surface area contributed by atoms with Crippen molar-refractivity contribution in [2.75, 3.05) is 19.7 Å². The van der Waals surface area contributed by atoms with Gasteiger partial charge in [0.15, 0.2) is 0 Å². The maximum atomic E-state index is 13.0. The molecular formula is C14H19BrFNO2. The van der Waals surface area contributed by atoms with Gasteiger partial charge in [-0.3, -0.25) is 9.69 Å². The first-order valence-corrected chi connectivity index (χ1v) is 7.18. The lowest BCUT2D eigenvalue weighted by molar-refractivity contribution is -0.144. The Balaban J connectivity index is 2.69. The summed E-state index contributed by atoms with van der Waals surface area (Å²) in [5.41, 5.74) is 0.958. The number of rotatable bonds is 7. The molecule has 0 aliphatic heterocycles. The van der Waals surface area contributed by atoms with Crippen LogP contribution >= 0.6 is 15.9 Å². The minimum atomic E-state index is -0.275. The molecule has 0 heterocycles. The van der Waals surface area contributed by atoms with Crippen molar-refractivity contribution >= 4 is 21.9 Å². The van der Waals surface area contributed by atoms with E-state index in [2.05, 4.69) is 22.9 Å². The number of ether oxygens (including phenoxy) is 1. The molecule has 0 aliphatic carbocycles. The van der Waals surface area contributed by atoms with Crippen LogP contribution in [-0.2, 0) is 16.1 Å². The number of esters is 1. The van der Waals surface area contributed by atoms with Gasteiger partial charge in [-0.15, -0.1) is 0 Å². The predicted molar refractivity (Wildman–Crippen MR) is 76.3 cm³/mol. The summed E-state index contributed by atoms with van der Waals surface area (Å²) in [5, 5.41) is 0. The summed E-state index contributed by atoms with van der Waals surface area (Å²) in [7, 11) is 0. The van der Waals surface area contributed by atoms with E-state index in [4.69, 9.17) is 4.74 Å². The second-order valence-corrected chi connectivity index (χ2v) is 5.11. The van der Waals surface area contributed by atoms with Crippen LogP contribution in [0.15, 0.2) is 22.7 Å². The van der Waals surface area contributed by atoms with Crippen molar-refractivity contribution < 1.29 is 13.9 Å². The van der Waals surface area contributed by atoms with Crippen LogP contribution in [0.4, 0.5) is 4.39 Å². The standard InChI is InChI=1S/C14H19BrFNO2/c1-3-7-17(10-14(18)19-4-2)9-11-5-6-12(16)8-13(11)15/h5-6,8H,3-4,7,9-10H2,1-2H3. The van der Waals surface area contributed by atoms with E-state index in [9.17, 15) is 9.18 Å². The second kappa shape index (κ2) is 8.27. The monoisotopic (exact) mass is 331 g/mol. The van der Waals surface area contributed by atoms with Crippen LogP contribution in [0.25, 0.3) is 0 Å². The average Bonchev–Trinajstić information content (AvgIpc) is 2.33. The van der Waals surface area contributed by atoms with Gasteiger partial charge >= 0.3 is 5.97 Å². The van der Waals surface area contributed by atoms with Gasteiger partial charge in [0, 0.05) is 11.0 Å². The van der Waals surface area contributed by atoms with E-state index >= 15 is 0 Å². The largest absolute Gasteiger partial charge is 0.465 e. The molecule has 0 unspecified atom stereocenters. The highest BCUT2D eigenvalue weighted by molar-refractivity contribution is 9.10. The van der Waals surface area contributed by atoms with Crippen LogP contribution in [0, 0.1) is 5.82 Å². The summed E-state index contributed by atoms with van der Waals surface area (Å²) in [5.74, 6) is -0.503. The molecule has 1 aromatic carbocycles. The molecule has 0 saturated heterocycles. The maximum absolute atomic E-state index is 13.0. The molecule has 0 N–H and O–H groups in total. The van der Waals surface area contributed by atoms with Crippen LogP contribution in [0.1, 0.15) is 25.8 Å². The number of nitrogens with zero attached hydrogens (tertiary/aromatic N) is 1. The Bertz CT molecular complexity index is 426. The minimum absolute atomic E-state index is 0.228. The number of hydrogen-bond acceptors (Lipinski definition) is 3. The van der Waals surface area contributed by atoms with Gasteiger partial charge in [-0.1, -0.05) is 28.9 Å². The fourth-order valence-electron chi connectivity index (χ4n) is 1.81. The summed E-state index contributed by atoms with van der Waals surface area (Å²) in [6.45, 7) is 5.87. The van der Waals surface area contributed by atoms with E-state index < -0.39 is 0 Å². The summed E-state index contributed by atoms with van der Waals surface area (Å²) >= 11 is 3.34. The number of benzene rings is 1. The van der Waals surface area contributed by atoms with Crippen LogP contribution in [-0.4, -0.2) is 30.6 Å². The van der Waals surface area contributed by atoms with Crippen LogP contribution in [0.3, 0.4) is 0 Å². The van der Waals surface area contributed by atoms with Gasteiger partial charge in [0.05, 0.1) is 13.2 Å². The zero-order valence-electron chi connectivity index (χ0n) is 11.3. The first kappa shape index (κ1) is 16.1. The van der Waals surface area contributed by atoms with Crippen molar-refractivity contribution in [3.8, 4) is 0 Å². The van der Waals surface area contributed by atoms with Crippen molar-refractivity contribution in [2.24, 2.45) is 0 Å². The lowest BCUT2D eigenvalue weighted by Gasteiger charge is -2.21. The van der Waals surface area contributed by atoms with E-state index in [0.717, 1.165) is 23.0 Å². The molecule has 3 nitrogen and oxygen atoms in total. The molecular weight excluding hydrogens is 313 g/mol. The van der Waals surface area contributed by atoms with Crippen LogP contribution in [0.2, 0.25) is 0 Å². The van der Waals surface area contributed by atoms with Crippen molar-refractivity contribution in [3.63, 3.8) is 0 Å². The minimum Gasteiger partial charge on any atom is -0.465 e. The fraction of sp³-hybridized carbons (Fsp3) is 0.500. The molecule has 0 aliphatic rings. The quantitative estimate of drug-likeness (QED) is 0.717. The molecule has 0 radical (unpaired) electrons. The smallest absolute Gasteiger partial charge is 0.320 e.